The number of aromatic amines is 1. The van der Waals surface area contributed by atoms with E-state index in [9.17, 15) is 4.39 Å². The quantitative estimate of drug-likeness (QED) is 0.321. The largest absolute Gasteiger partial charge is 0.363 e. The topological polar surface area (TPSA) is 49.7 Å². The van der Waals surface area contributed by atoms with E-state index < -0.39 is 0 Å². The first kappa shape index (κ1) is 23.0. The minimum absolute atomic E-state index is 0.0711. The highest BCUT2D eigenvalue weighted by Gasteiger charge is 2.32. The second kappa shape index (κ2) is 8.93. The Bertz CT molecular complexity index is 1500. The summed E-state index contributed by atoms with van der Waals surface area (Å²) in [4.78, 5) is 10.1. The van der Waals surface area contributed by atoms with Gasteiger partial charge in [-0.3, -0.25) is 0 Å². The van der Waals surface area contributed by atoms with E-state index in [0.717, 1.165) is 71.1 Å². The van der Waals surface area contributed by atoms with Crippen LogP contribution in [0.1, 0.15) is 63.6 Å². The third-order valence-electron chi connectivity index (χ3n) is 7.43. The van der Waals surface area contributed by atoms with Gasteiger partial charge in [0.05, 0.1) is 28.6 Å². The van der Waals surface area contributed by atoms with Crippen LogP contribution in [0.2, 0.25) is 0 Å². The van der Waals surface area contributed by atoms with Gasteiger partial charge >= 0.3 is 0 Å². The van der Waals surface area contributed by atoms with Gasteiger partial charge < -0.3 is 9.88 Å². The molecule has 1 atom stereocenters. The van der Waals surface area contributed by atoms with Crippen LogP contribution in [0.3, 0.4) is 0 Å². The number of pyridine rings is 1. The number of benzene rings is 1. The summed E-state index contributed by atoms with van der Waals surface area (Å²) in [6, 6.07) is 10.1. The van der Waals surface area contributed by atoms with Gasteiger partial charge in [0, 0.05) is 48.1 Å². The fraction of sp³-hybridized carbons (Fsp3) is 0.310. The van der Waals surface area contributed by atoms with Gasteiger partial charge in [-0.15, -0.1) is 11.6 Å². The van der Waals surface area contributed by atoms with E-state index in [1.165, 1.54) is 22.9 Å². The highest BCUT2D eigenvalue weighted by Crippen LogP contribution is 2.43. The van der Waals surface area contributed by atoms with Crippen molar-refractivity contribution in [1.29, 1.82) is 0 Å². The summed E-state index contributed by atoms with van der Waals surface area (Å²) in [7, 11) is 0. The minimum atomic E-state index is -0.308. The van der Waals surface area contributed by atoms with Crippen molar-refractivity contribution in [2.75, 3.05) is 11.4 Å². The standard InChI is InChI=1S/C29H29ClFN5/c1-4-19-7-5-6-17(2)27(19)36-28(22-8-9-24(30)26-21(22)10-12-32-26)23-16-35(13-11-25(23)34-36)29-18(3)14-20(31)15-33-29/h5-8,10,12,14-15,24,32H,4,9,11,13,16H2,1-3H3. The van der Waals surface area contributed by atoms with Crippen LogP contribution in [-0.2, 0) is 19.4 Å². The summed E-state index contributed by atoms with van der Waals surface area (Å²) < 4.78 is 16.0. The van der Waals surface area contributed by atoms with E-state index in [4.69, 9.17) is 16.7 Å². The Balaban J connectivity index is 1.56. The lowest BCUT2D eigenvalue weighted by atomic mass is 9.90. The maximum absolute atomic E-state index is 13.8. The molecule has 0 fully saturated rings. The van der Waals surface area contributed by atoms with E-state index in [2.05, 4.69) is 63.7 Å². The number of rotatable bonds is 4. The first-order chi connectivity index (χ1) is 17.5. The van der Waals surface area contributed by atoms with Gasteiger partial charge in [-0.25, -0.2) is 14.1 Å². The van der Waals surface area contributed by atoms with Gasteiger partial charge in [0.1, 0.15) is 11.6 Å². The number of fused-ring (bicyclic) bond motifs is 2. The second-order valence-electron chi connectivity index (χ2n) is 9.71. The van der Waals surface area contributed by atoms with Crippen molar-refractivity contribution >= 4 is 23.0 Å². The van der Waals surface area contributed by atoms with Crippen LogP contribution in [0, 0.1) is 19.7 Å². The molecule has 0 saturated heterocycles. The molecule has 4 aromatic rings. The number of halogens is 2. The molecule has 3 aromatic heterocycles. The number of hydrogen-bond donors (Lipinski definition) is 1. The van der Waals surface area contributed by atoms with Crippen molar-refractivity contribution in [3.05, 3.63) is 99.5 Å². The molecule has 6 rings (SSSR count). The molecule has 1 aromatic carbocycles. The van der Waals surface area contributed by atoms with Crippen molar-refractivity contribution < 1.29 is 4.39 Å². The monoisotopic (exact) mass is 501 g/mol. The van der Waals surface area contributed by atoms with Crippen molar-refractivity contribution in [2.45, 2.75) is 52.0 Å². The molecule has 5 nitrogen and oxygen atoms in total. The highest BCUT2D eigenvalue weighted by atomic mass is 35.5. The zero-order valence-electron chi connectivity index (χ0n) is 20.8. The number of aromatic nitrogens is 4. The summed E-state index contributed by atoms with van der Waals surface area (Å²) in [6.07, 6.45) is 8.00. The Labute approximate surface area is 215 Å². The smallest absolute Gasteiger partial charge is 0.141 e. The third kappa shape index (κ3) is 3.66. The fourth-order valence-corrected chi connectivity index (χ4v) is 5.98. The van der Waals surface area contributed by atoms with Crippen LogP contribution in [0.5, 0.6) is 0 Å². The molecule has 184 valence electrons. The van der Waals surface area contributed by atoms with E-state index >= 15 is 0 Å². The lowest BCUT2D eigenvalue weighted by Gasteiger charge is -2.30. The molecule has 0 amide bonds. The van der Waals surface area contributed by atoms with Gasteiger partial charge in [0.15, 0.2) is 0 Å². The molecule has 1 aliphatic carbocycles. The molecule has 1 N–H and O–H groups in total. The maximum Gasteiger partial charge on any atom is 0.141 e. The van der Waals surface area contributed by atoms with Crippen molar-refractivity contribution in [3.63, 3.8) is 0 Å². The number of allylic oxidation sites excluding steroid dienone is 1. The Kier molecular flexibility index (Phi) is 5.72. The van der Waals surface area contributed by atoms with E-state index in [1.54, 1.807) is 6.07 Å². The molecule has 7 heteroatoms. The van der Waals surface area contributed by atoms with Crippen LogP contribution in [0.25, 0.3) is 11.3 Å². The van der Waals surface area contributed by atoms with Crippen LogP contribution in [0.4, 0.5) is 10.2 Å². The molecular weight excluding hydrogens is 473 g/mol. The van der Waals surface area contributed by atoms with Crippen LogP contribution in [0.15, 0.2) is 48.8 Å². The first-order valence-electron chi connectivity index (χ1n) is 12.5. The van der Waals surface area contributed by atoms with Crippen molar-refractivity contribution in [1.82, 2.24) is 19.7 Å². The summed E-state index contributed by atoms with van der Waals surface area (Å²) in [6.45, 7) is 7.72. The molecular formula is C29H29ClFN5. The Morgan fingerprint density at radius 2 is 2.06 bits per heavy atom. The number of alkyl halides is 1. The highest BCUT2D eigenvalue weighted by molar-refractivity contribution is 6.21. The van der Waals surface area contributed by atoms with Gasteiger partial charge in [-0.1, -0.05) is 31.2 Å². The first-order valence-corrected chi connectivity index (χ1v) is 13.0. The molecule has 0 spiro atoms. The maximum atomic E-state index is 13.8. The van der Waals surface area contributed by atoms with Gasteiger partial charge in [0.25, 0.3) is 0 Å². The SMILES string of the molecule is CCc1cccc(C)c1-n1nc2c(c1C1=CCC(Cl)c3[nH]ccc31)CN(c1ncc(F)cc1C)CC2. The van der Waals surface area contributed by atoms with Crippen molar-refractivity contribution in [3.8, 4) is 5.69 Å². The average molecular weight is 502 g/mol. The normalized spacial score (nSPS) is 17.1. The number of hydrogen-bond acceptors (Lipinski definition) is 3. The molecule has 1 aliphatic heterocycles. The van der Waals surface area contributed by atoms with E-state index in [0.29, 0.717) is 6.54 Å². The zero-order chi connectivity index (χ0) is 25.0. The lowest BCUT2D eigenvalue weighted by Crippen LogP contribution is -2.31. The summed E-state index contributed by atoms with van der Waals surface area (Å²) >= 11 is 6.68. The zero-order valence-corrected chi connectivity index (χ0v) is 21.5. The molecule has 1 unspecified atom stereocenters. The van der Waals surface area contributed by atoms with Gasteiger partial charge in [-0.2, -0.15) is 5.10 Å². The lowest BCUT2D eigenvalue weighted by molar-refractivity contribution is 0.616. The minimum Gasteiger partial charge on any atom is -0.363 e. The average Bonchev–Trinajstić information content (AvgIpc) is 3.50. The number of nitrogens with zero attached hydrogens (tertiary/aromatic N) is 4. The third-order valence-corrected chi connectivity index (χ3v) is 7.83. The summed E-state index contributed by atoms with van der Waals surface area (Å²) in [5.41, 5.74) is 11.2. The number of nitrogens with one attached hydrogen (secondary N) is 1. The van der Waals surface area contributed by atoms with Crippen LogP contribution >= 0.6 is 11.6 Å². The van der Waals surface area contributed by atoms with Gasteiger partial charge in [-0.05, 0) is 55.5 Å². The molecule has 2 aliphatic rings. The molecule has 0 radical (unpaired) electrons. The van der Waals surface area contributed by atoms with Crippen LogP contribution < -0.4 is 4.90 Å². The van der Waals surface area contributed by atoms with Gasteiger partial charge in [0.2, 0.25) is 0 Å². The number of H-pyrrole nitrogens is 1. The van der Waals surface area contributed by atoms with Crippen LogP contribution in [-0.4, -0.2) is 26.3 Å². The second-order valence-corrected chi connectivity index (χ2v) is 10.2. The van der Waals surface area contributed by atoms with E-state index in [1.807, 2.05) is 13.1 Å². The summed E-state index contributed by atoms with van der Waals surface area (Å²) in [5, 5.41) is 5.16. The predicted octanol–water partition coefficient (Wildman–Crippen LogP) is 6.59. The Morgan fingerprint density at radius 1 is 1.19 bits per heavy atom. The molecule has 0 saturated carbocycles. The predicted molar refractivity (Wildman–Crippen MR) is 142 cm³/mol. The Morgan fingerprint density at radius 3 is 2.86 bits per heavy atom. The molecule has 36 heavy (non-hydrogen) atoms. The van der Waals surface area contributed by atoms with Crippen molar-refractivity contribution in [2.24, 2.45) is 0 Å². The summed E-state index contributed by atoms with van der Waals surface area (Å²) in [5.74, 6) is 0.517. The fourth-order valence-electron chi connectivity index (χ4n) is 5.71. The number of aryl methyl sites for hydroxylation is 3. The number of para-hydroxylation sites is 1. The molecule has 4 heterocycles. The number of anilines is 1. The Hall–Kier alpha value is -3.38. The van der Waals surface area contributed by atoms with E-state index in [-0.39, 0.29) is 11.2 Å². The molecule has 0 bridgehead atoms.